The van der Waals surface area contributed by atoms with E-state index >= 15 is 0 Å². The number of carbonyl (C=O) groups is 1. The normalized spacial score (nSPS) is 11.6. The molecule has 0 aromatic carbocycles. The van der Waals surface area contributed by atoms with Gasteiger partial charge in [0.25, 0.3) is 0 Å². The molecule has 0 saturated heterocycles. The lowest BCUT2D eigenvalue weighted by atomic mass is 10.1. The van der Waals surface area contributed by atoms with Crippen LogP contribution in [0.2, 0.25) is 0 Å². The largest absolute Gasteiger partial charge is 0.460 e. The smallest absolute Gasteiger partial charge is 0.306 e. The van der Waals surface area contributed by atoms with Crippen molar-refractivity contribution in [2.24, 2.45) is 5.84 Å². The second-order valence-electron chi connectivity index (χ2n) is 6.24. The van der Waals surface area contributed by atoms with E-state index in [9.17, 15) is 4.79 Å². The minimum absolute atomic E-state index is 0.0708. The lowest BCUT2D eigenvalue weighted by molar-refractivity contribution is -0.154. The van der Waals surface area contributed by atoms with Gasteiger partial charge < -0.3 is 4.74 Å². The summed E-state index contributed by atoms with van der Waals surface area (Å²) in [6.07, 6.45) is 10.0. The third kappa shape index (κ3) is 15.4. The maximum Gasteiger partial charge on any atom is 0.306 e. The maximum absolute atomic E-state index is 11.5. The van der Waals surface area contributed by atoms with Gasteiger partial charge in [0.05, 0.1) is 0 Å². The van der Waals surface area contributed by atoms with Crippen molar-refractivity contribution >= 4 is 5.97 Å². The molecular weight excluding hydrogens is 254 g/mol. The monoisotopic (exact) mass is 287 g/mol. The van der Waals surface area contributed by atoms with Gasteiger partial charge in [-0.3, -0.25) is 10.6 Å². The summed E-state index contributed by atoms with van der Waals surface area (Å²) in [5.41, 5.74) is 4.95. The number of hydrogen-bond donors (Lipinski definition) is 3. The van der Waals surface area contributed by atoms with Crippen LogP contribution in [0.4, 0.5) is 0 Å². The molecule has 0 saturated carbocycles. The van der Waals surface area contributed by atoms with Gasteiger partial charge in [0.15, 0.2) is 0 Å². The molecule has 0 unspecified atom stereocenters. The zero-order valence-corrected chi connectivity index (χ0v) is 13.5. The number of carbonyl (C=O) groups excluding carboxylic acids is 1. The molecule has 0 heterocycles. The van der Waals surface area contributed by atoms with E-state index in [-0.39, 0.29) is 11.6 Å². The third-order valence-corrected chi connectivity index (χ3v) is 2.95. The van der Waals surface area contributed by atoms with Crippen LogP contribution in [0.5, 0.6) is 0 Å². The van der Waals surface area contributed by atoms with Crippen LogP contribution >= 0.6 is 0 Å². The Morgan fingerprint density at radius 2 is 1.45 bits per heavy atom. The first-order valence-corrected chi connectivity index (χ1v) is 7.86. The fourth-order valence-corrected chi connectivity index (χ4v) is 2.01. The van der Waals surface area contributed by atoms with Gasteiger partial charge in [0.2, 0.25) is 0 Å². The molecule has 0 bridgehead atoms. The van der Waals surface area contributed by atoms with E-state index in [4.69, 9.17) is 10.6 Å². The van der Waals surface area contributed by atoms with Crippen LogP contribution in [0.25, 0.3) is 0 Å². The number of hydrogen-bond acceptors (Lipinski definition) is 5. The lowest BCUT2D eigenvalue weighted by Crippen LogP contribution is -2.38. The summed E-state index contributed by atoms with van der Waals surface area (Å²) in [5, 5.41) is 0. The lowest BCUT2D eigenvalue weighted by Gasteiger charge is -2.19. The zero-order chi connectivity index (χ0) is 15.3. The molecule has 5 heteroatoms. The molecule has 0 fully saturated rings. The second-order valence-corrected chi connectivity index (χ2v) is 6.24. The van der Waals surface area contributed by atoms with Crippen LogP contribution in [0.15, 0.2) is 0 Å². The first-order chi connectivity index (χ1) is 9.45. The number of rotatable bonds is 12. The van der Waals surface area contributed by atoms with E-state index in [2.05, 4.69) is 11.0 Å². The van der Waals surface area contributed by atoms with E-state index in [0.717, 1.165) is 25.8 Å². The molecule has 0 aromatic heterocycles. The summed E-state index contributed by atoms with van der Waals surface area (Å²) < 4.78 is 5.27. The Kier molecular flexibility index (Phi) is 11.7. The van der Waals surface area contributed by atoms with Crippen LogP contribution < -0.4 is 16.8 Å². The van der Waals surface area contributed by atoms with Gasteiger partial charge in [-0.1, -0.05) is 38.5 Å². The molecule has 0 aliphatic rings. The number of nitrogens with two attached hydrogens (primary N) is 1. The van der Waals surface area contributed by atoms with Crippen LogP contribution in [0.1, 0.15) is 78.6 Å². The highest BCUT2D eigenvalue weighted by Gasteiger charge is 2.15. The number of hydrazine groups is 2. The number of nitrogens with one attached hydrogen (secondary N) is 2. The number of ether oxygens (including phenoxy) is 1. The molecule has 20 heavy (non-hydrogen) atoms. The van der Waals surface area contributed by atoms with E-state index in [1.54, 1.807) is 0 Å². The quantitative estimate of drug-likeness (QED) is 0.223. The molecule has 0 atom stereocenters. The first kappa shape index (κ1) is 19.4. The van der Waals surface area contributed by atoms with Crippen LogP contribution in [0.3, 0.4) is 0 Å². The van der Waals surface area contributed by atoms with Crippen molar-refractivity contribution in [3.8, 4) is 0 Å². The van der Waals surface area contributed by atoms with Gasteiger partial charge in [-0.05, 0) is 33.6 Å². The average Bonchev–Trinajstić information content (AvgIpc) is 2.34. The summed E-state index contributed by atoms with van der Waals surface area (Å²) in [5.74, 6) is 5.03. The predicted octanol–water partition coefficient (Wildman–Crippen LogP) is 2.81. The minimum atomic E-state index is -0.356. The zero-order valence-electron chi connectivity index (χ0n) is 13.5. The van der Waals surface area contributed by atoms with Crippen molar-refractivity contribution in [1.82, 2.24) is 11.0 Å². The first-order valence-electron chi connectivity index (χ1n) is 7.86. The molecule has 5 nitrogen and oxygen atoms in total. The van der Waals surface area contributed by atoms with Gasteiger partial charge in [0, 0.05) is 13.0 Å². The van der Waals surface area contributed by atoms with E-state index < -0.39 is 0 Å². The van der Waals surface area contributed by atoms with Gasteiger partial charge in [0.1, 0.15) is 5.60 Å². The van der Waals surface area contributed by atoms with Gasteiger partial charge in [-0.25, -0.2) is 5.43 Å². The SMILES string of the molecule is CC(C)(C)OC(=O)CCCCCCCCCCNNN. The molecule has 120 valence electrons. The summed E-state index contributed by atoms with van der Waals surface area (Å²) >= 11 is 0. The molecule has 4 N–H and O–H groups in total. The van der Waals surface area contributed by atoms with Crippen molar-refractivity contribution in [2.75, 3.05) is 6.54 Å². The molecule has 0 amide bonds. The van der Waals surface area contributed by atoms with Crippen molar-refractivity contribution in [2.45, 2.75) is 84.2 Å². The van der Waals surface area contributed by atoms with Crippen molar-refractivity contribution in [3.63, 3.8) is 0 Å². The molecule has 0 aliphatic heterocycles. The number of unbranched alkanes of at least 4 members (excludes halogenated alkanes) is 7. The van der Waals surface area contributed by atoms with Gasteiger partial charge in [-0.15, -0.1) is 0 Å². The standard InChI is InChI=1S/C15H33N3O2/c1-15(2,3)20-14(19)12-10-8-6-4-5-7-9-11-13-17-18-16/h17-18H,4-13,16H2,1-3H3. The van der Waals surface area contributed by atoms with E-state index in [0.29, 0.717) is 6.42 Å². The molecular formula is C15H33N3O2. The Balaban J connectivity index is 3.19. The van der Waals surface area contributed by atoms with Gasteiger partial charge >= 0.3 is 5.97 Å². The van der Waals surface area contributed by atoms with Crippen LogP contribution in [-0.2, 0) is 9.53 Å². The Morgan fingerprint density at radius 1 is 0.950 bits per heavy atom. The molecule has 0 aromatic rings. The van der Waals surface area contributed by atoms with Crippen LogP contribution in [-0.4, -0.2) is 18.1 Å². The second kappa shape index (κ2) is 12.1. The fourth-order valence-electron chi connectivity index (χ4n) is 2.01. The topological polar surface area (TPSA) is 76.4 Å². The van der Waals surface area contributed by atoms with Gasteiger partial charge in [-0.2, -0.15) is 5.53 Å². The average molecular weight is 287 g/mol. The Morgan fingerprint density at radius 3 is 1.95 bits per heavy atom. The highest BCUT2D eigenvalue weighted by molar-refractivity contribution is 5.69. The van der Waals surface area contributed by atoms with Crippen molar-refractivity contribution < 1.29 is 9.53 Å². The Bertz CT molecular complexity index is 240. The van der Waals surface area contributed by atoms with Crippen LogP contribution in [0, 0.1) is 0 Å². The molecule has 0 spiro atoms. The highest BCUT2D eigenvalue weighted by atomic mass is 16.6. The minimum Gasteiger partial charge on any atom is -0.460 e. The van der Waals surface area contributed by atoms with Crippen molar-refractivity contribution in [3.05, 3.63) is 0 Å². The maximum atomic E-state index is 11.5. The Labute approximate surface area is 124 Å². The Hall–Kier alpha value is -0.650. The summed E-state index contributed by atoms with van der Waals surface area (Å²) in [4.78, 5) is 11.5. The van der Waals surface area contributed by atoms with E-state index in [1.165, 1.54) is 32.1 Å². The molecule has 0 aliphatic carbocycles. The van der Waals surface area contributed by atoms with E-state index in [1.807, 2.05) is 20.8 Å². The molecule has 0 rings (SSSR count). The summed E-state index contributed by atoms with van der Waals surface area (Å²) in [6.45, 7) is 6.64. The highest BCUT2D eigenvalue weighted by Crippen LogP contribution is 2.12. The third-order valence-electron chi connectivity index (χ3n) is 2.95. The fraction of sp³-hybridized carbons (Fsp3) is 0.933. The summed E-state index contributed by atoms with van der Waals surface area (Å²) in [6, 6.07) is 0. The number of esters is 1. The summed E-state index contributed by atoms with van der Waals surface area (Å²) in [7, 11) is 0. The van der Waals surface area contributed by atoms with Crippen molar-refractivity contribution in [1.29, 1.82) is 0 Å². The molecule has 0 radical (unpaired) electrons. The predicted molar refractivity (Wildman–Crippen MR) is 82.7 cm³/mol.